The highest BCUT2D eigenvalue weighted by molar-refractivity contribution is 5.74. The average molecular weight is 290 g/mol. The molecule has 4 nitrogen and oxygen atoms in total. The van der Waals surface area contributed by atoms with Gasteiger partial charge in [-0.05, 0) is 50.8 Å². The number of rotatable bonds is 4. The van der Waals surface area contributed by atoms with Crippen molar-refractivity contribution in [2.45, 2.75) is 46.2 Å². The van der Waals surface area contributed by atoms with Crippen molar-refractivity contribution in [2.24, 2.45) is 0 Å². The first-order chi connectivity index (χ1) is 9.88. The minimum absolute atomic E-state index is 0.348. The highest BCUT2D eigenvalue weighted by atomic mass is 16.4. The van der Waals surface area contributed by atoms with E-state index in [0.717, 1.165) is 19.6 Å². The highest BCUT2D eigenvalue weighted by Crippen LogP contribution is 2.20. The van der Waals surface area contributed by atoms with E-state index in [0.29, 0.717) is 12.5 Å². The van der Waals surface area contributed by atoms with Gasteiger partial charge in [-0.25, -0.2) is 0 Å². The van der Waals surface area contributed by atoms with Crippen LogP contribution in [-0.4, -0.2) is 47.7 Å². The molecule has 0 radical (unpaired) electrons. The van der Waals surface area contributed by atoms with E-state index in [4.69, 9.17) is 0 Å². The molecular formula is C17H26N2O2. The molecule has 1 saturated heterocycles. The van der Waals surface area contributed by atoms with Crippen molar-refractivity contribution in [2.75, 3.05) is 19.6 Å². The first kappa shape index (κ1) is 16.0. The molecule has 0 amide bonds. The van der Waals surface area contributed by atoms with Crippen molar-refractivity contribution >= 4 is 5.97 Å². The maximum absolute atomic E-state index is 11.7. The molecule has 2 N–H and O–H groups in total. The molecule has 0 aliphatic carbocycles. The lowest BCUT2D eigenvalue weighted by atomic mass is 9.93. The Bertz CT molecular complexity index is 505. The Morgan fingerprint density at radius 1 is 1.38 bits per heavy atom. The Hall–Kier alpha value is -1.39. The molecule has 2 rings (SSSR count). The number of carbonyl (C=O) groups is 1. The van der Waals surface area contributed by atoms with E-state index in [1.165, 1.54) is 22.3 Å². The molecule has 21 heavy (non-hydrogen) atoms. The zero-order chi connectivity index (χ0) is 15.6. The lowest BCUT2D eigenvalue weighted by Gasteiger charge is -2.36. The summed E-state index contributed by atoms with van der Waals surface area (Å²) in [6.07, 6.45) is 0.583. The van der Waals surface area contributed by atoms with E-state index in [1.807, 2.05) is 0 Å². The number of piperazine rings is 1. The van der Waals surface area contributed by atoms with Crippen molar-refractivity contribution in [3.05, 3.63) is 34.4 Å². The van der Waals surface area contributed by atoms with E-state index >= 15 is 0 Å². The smallest absolute Gasteiger partial charge is 0.321 e. The van der Waals surface area contributed by atoms with Crippen LogP contribution in [0.4, 0.5) is 0 Å². The molecule has 1 heterocycles. The SMILES string of the molecule is Cc1cc(C)c(C[C@@H](C(=O)O)N2CCN[C@@H](C)C2)c(C)c1. The maximum atomic E-state index is 11.7. The van der Waals surface area contributed by atoms with Gasteiger partial charge in [0, 0.05) is 25.7 Å². The number of carboxylic acids is 1. The molecule has 1 aliphatic heterocycles. The maximum Gasteiger partial charge on any atom is 0.321 e. The second kappa shape index (κ2) is 6.58. The Morgan fingerprint density at radius 2 is 2.00 bits per heavy atom. The summed E-state index contributed by atoms with van der Waals surface area (Å²) in [5.41, 5.74) is 4.81. The summed E-state index contributed by atoms with van der Waals surface area (Å²) < 4.78 is 0. The van der Waals surface area contributed by atoms with Crippen LogP contribution >= 0.6 is 0 Å². The van der Waals surface area contributed by atoms with Crippen LogP contribution in [0.1, 0.15) is 29.2 Å². The molecule has 0 bridgehead atoms. The van der Waals surface area contributed by atoms with Crippen molar-refractivity contribution in [3.8, 4) is 0 Å². The Labute approximate surface area is 127 Å². The number of hydrogen-bond donors (Lipinski definition) is 2. The predicted molar refractivity (Wildman–Crippen MR) is 84.8 cm³/mol. The van der Waals surface area contributed by atoms with Gasteiger partial charge in [-0.3, -0.25) is 9.69 Å². The van der Waals surface area contributed by atoms with Crippen LogP contribution in [-0.2, 0) is 11.2 Å². The van der Waals surface area contributed by atoms with Crippen molar-refractivity contribution in [1.82, 2.24) is 10.2 Å². The topological polar surface area (TPSA) is 52.6 Å². The average Bonchev–Trinajstić information content (AvgIpc) is 2.37. The third-order valence-corrected chi connectivity index (χ3v) is 4.36. The van der Waals surface area contributed by atoms with E-state index in [9.17, 15) is 9.90 Å². The minimum Gasteiger partial charge on any atom is -0.480 e. The standard InChI is InChI=1S/C17H26N2O2/c1-11-7-12(2)15(13(3)8-11)9-16(17(20)21)19-6-5-18-14(4)10-19/h7-8,14,16,18H,5-6,9-10H2,1-4H3,(H,20,21)/t14-,16-/m0/s1. The molecule has 4 heteroatoms. The van der Waals surface area contributed by atoms with E-state index < -0.39 is 12.0 Å². The molecule has 0 unspecified atom stereocenters. The van der Waals surface area contributed by atoms with Crippen LogP contribution < -0.4 is 5.32 Å². The zero-order valence-electron chi connectivity index (χ0n) is 13.4. The summed E-state index contributed by atoms with van der Waals surface area (Å²) in [4.78, 5) is 13.8. The van der Waals surface area contributed by atoms with Crippen LogP contribution in [0.3, 0.4) is 0 Å². The number of nitrogens with one attached hydrogen (secondary N) is 1. The summed E-state index contributed by atoms with van der Waals surface area (Å²) in [5, 5.41) is 13.0. The first-order valence-electron chi connectivity index (χ1n) is 7.65. The number of aryl methyl sites for hydroxylation is 3. The van der Waals surface area contributed by atoms with Gasteiger partial charge < -0.3 is 10.4 Å². The van der Waals surface area contributed by atoms with E-state index in [1.54, 1.807) is 0 Å². The molecular weight excluding hydrogens is 264 g/mol. The lowest BCUT2D eigenvalue weighted by molar-refractivity contribution is -0.143. The van der Waals surface area contributed by atoms with Crippen LogP contribution in [0.25, 0.3) is 0 Å². The molecule has 1 aromatic rings. The molecule has 1 fully saturated rings. The zero-order valence-corrected chi connectivity index (χ0v) is 13.4. The predicted octanol–water partition coefficient (Wildman–Crippen LogP) is 1.90. The fourth-order valence-electron chi connectivity index (χ4n) is 3.34. The molecule has 116 valence electrons. The molecule has 2 atom stereocenters. The van der Waals surface area contributed by atoms with Crippen LogP contribution in [0, 0.1) is 20.8 Å². The first-order valence-corrected chi connectivity index (χ1v) is 7.65. The monoisotopic (exact) mass is 290 g/mol. The summed E-state index contributed by atoms with van der Waals surface area (Å²) in [6.45, 7) is 10.8. The lowest BCUT2D eigenvalue weighted by Crippen LogP contribution is -2.55. The van der Waals surface area contributed by atoms with Gasteiger partial charge in [0.2, 0.25) is 0 Å². The Kier molecular flexibility index (Phi) is 5.01. The third-order valence-electron chi connectivity index (χ3n) is 4.36. The molecule has 0 aromatic heterocycles. The second-order valence-electron chi connectivity index (χ2n) is 6.29. The number of benzene rings is 1. The molecule has 0 spiro atoms. The normalized spacial score (nSPS) is 21.2. The van der Waals surface area contributed by atoms with Crippen molar-refractivity contribution in [1.29, 1.82) is 0 Å². The molecule has 0 saturated carbocycles. The summed E-state index contributed by atoms with van der Waals surface area (Å²) >= 11 is 0. The third kappa shape index (κ3) is 3.83. The van der Waals surface area contributed by atoms with Gasteiger partial charge in [-0.15, -0.1) is 0 Å². The van der Waals surface area contributed by atoms with E-state index in [2.05, 4.69) is 50.0 Å². The van der Waals surface area contributed by atoms with Gasteiger partial charge in [0.05, 0.1) is 0 Å². The van der Waals surface area contributed by atoms with Gasteiger partial charge >= 0.3 is 5.97 Å². The number of carboxylic acid groups (broad SMARTS) is 1. The number of hydrogen-bond acceptors (Lipinski definition) is 3. The number of aliphatic carboxylic acids is 1. The quantitative estimate of drug-likeness (QED) is 0.889. The van der Waals surface area contributed by atoms with Crippen LogP contribution in [0.5, 0.6) is 0 Å². The largest absolute Gasteiger partial charge is 0.480 e. The van der Waals surface area contributed by atoms with E-state index in [-0.39, 0.29) is 0 Å². The fourth-order valence-corrected chi connectivity index (χ4v) is 3.34. The van der Waals surface area contributed by atoms with Gasteiger partial charge in [0.1, 0.15) is 6.04 Å². The van der Waals surface area contributed by atoms with Gasteiger partial charge in [-0.1, -0.05) is 17.7 Å². The van der Waals surface area contributed by atoms with Crippen molar-refractivity contribution < 1.29 is 9.90 Å². The van der Waals surface area contributed by atoms with Crippen LogP contribution in [0.2, 0.25) is 0 Å². The molecule has 1 aromatic carbocycles. The summed E-state index contributed by atoms with van der Waals surface area (Å²) in [6, 6.07) is 4.19. The van der Waals surface area contributed by atoms with Crippen LogP contribution in [0.15, 0.2) is 12.1 Å². The Morgan fingerprint density at radius 3 is 2.52 bits per heavy atom. The highest BCUT2D eigenvalue weighted by Gasteiger charge is 2.29. The second-order valence-corrected chi connectivity index (χ2v) is 6.29. The number of nitrogens with zero attached hydrogens (tertiary/aromatic N) is 1. The fraction of sp³-hybridized carbons (Fsp3) is 0.588. The minimum atomic E-state index is -0.719. The summed E-state index contributed by atoms with van der Waals surface area (Å²) in [5.74, 6) is -0.719. The van der Waals surface area contributed by atoms with Gasteiger partial charge in [-0.2, -0.15) is 0 Å². The van der Waals surface area contributed by atoms with Gasteiger partial charge in [0.25, 0.3) is 0 Å². The van der Waals surface area contributed by atoms with Crippen molar-refractivity contribution in [3.63, 3.8) is 0 Å². The van der Waals surface area contributed by atoms with Gasteiger partial charge in [0.15, 0.2) is 0 Å². The summed E-state index contributed by atoms with van der Waals surface area (Å²) in [7, 11) is 0. The molecule has 1 aliphatic rings. The Balaban J connectivity index is 2.23.